The maximum Gasteiger partial charge on any atom is 0.0847 e. The smallest absolute Gasteiger partial charge is 0.0847 e. The second kappa shape index (κ2) is 7.72. The molecule has 0 saturated heterocycles. The van der Waals surface area contributed by atoms with Crippen LogP contribution in [0.15, 0.2) is 18.2 Å². The molecule has 1 aromatic carbocycles. The first kappa shape index (κ1) is 15.4. The topological polar surface area (TPSA) is 35.5 Å². The van der Waals surface area contributed by atoms with Gasteiger partial charge in [0.05, 0.1) is 22.7 Å². The fourth-order valence-corrected chi connectivity index (χ4v) is 2.14. The highest BCUT2D eigenvalue weighted by Crippen LogP contribution is 2.28. The van der Waals surface area contributed by atoms with Crippen LogP contribution in [0.2, 0.25) is 5.02 Å². The number of anilines is 2. The monoisotopic (exact) mass is 290 g/mol. The highest BCUT2D eigenvalue weighted by Gasteiger charge is 2.08. The van der Waals surface area contributed by atoms with Crippen molar-refractivity contribution in [3.63, 3.8) is 0 Å². The zero-order chi connectivity index (χ0) is 13.5. The molecule has 1 rings (SSSR count). The van der Waals surface area contributed by atoms with Gasteiger partial charge in [0.15, 0.2) is 0 Å². The van der Waals surface area contributed by atoms with Gasteiger partial charge in [-0.25, -0.2) is 0 Å². The Morgan fingerprint density at radius 2 is 2.00 bits per heavy atom. The maximum atomic E-state index is 9.37. The van der Waals surface area contributed by atoms with E-state index >= 15 is 0 Å². The number of hydrogen-bond donors (Lipinski definition) is 2. The van der Waals surface area contributed by atoms with Gasteiger partial charge in [0.25, 0.3) is 0 Å². The average molecular weight is 291 g/mol. The summed E-state index contributed by atoms with van der Waals surface area (Å²) in [5.74, 6) is 0.220. The predicted molar refractivity (Wildman–Crippen MR) is 80.2 cm³/mol. The lowest BCUT2D eigenvalue weighted by Crippen LogP contribution is -2.22. The number of nitrogens with one attached hydrogen (secondary N) is 1. The summed E-state index contributed by atoms with van der Waals surface area (Å²) in [6.07, 6.45) is -0.548. The fourth-order valence-electron chi connectivity index (χ4n) is 1.73. The Hall–Kier alpha value is -0.640. The molecule has 0 aliphatic rings. The second-order valence-corrected chi connectivity index (χ2v) is 4.74. The summed E-state index contributed by atoms with van der Waals surface area (Å²) in [7, 11) is 0. The molecule has 1 aromatic rings. The van der Waals surface area contributed by atoms with Crippen molar-refractivity contribution in [2.24, 2.45) is 0 Å². The molecule has 0 saturated carbocycles. The van der Waals surface area contributed by atoms with Crippen molar-refractivity contribution in [1.82, 2.24) is 0 Å². The minimum Gasteiger partial charge on any atom is -0.390 e. The van der Waals surface area contributed by atoms with Crippen molar-refractivity contribution in [3.05, 3.63) is 23.2 Å². The van der Waals surface area contributed by atoms with Crippen LogP contribution in [-0.4, -0.2) is 36.7 Å². The van der Waals surface area contributed by atoms with E-state index in [1.807, 2.05) is 18.2 Å². The lowest BCUT2D eigenvalue weighted by molar-refractivity contribution is 0.211. The quantitative estimate of drug-likeness (QED) is 0.757. The maximum absolute atomic E-state index is 9.37. The molecule has 0 spiro atoms. The molecule has 18 heavy (non-hydrogen) atoms. The minimum atomic E-state index is -0.548. The van der Waals surface area contributed by atoms with Gasteiger partial charge in [0, 0.05) is 25.3 Å². The molecular weight excluding hydrogens is 271 g/mol. The molecule has 0 bridgehead atoms. The van der Waals surface area contributed by atoms with E-state index in [0.717, 1.165) is 24.5 Å². The van der Waals surface area contributed by atoms with E-state index in [4.69, 9.17) is 23.2 Å². The van der Waals surface area contributed by atoms with Crippen molar-refractivity contribution < 1.29 is 5.11 Å². The number of hydrogen-bond acceptors (Lipinski definition) is 3. The Morgan fingerprint density at radius 3 is 2.50 bits per heavy atom. The number of benzene rings is 1. The Kier molecular flexibility index (Phi) is 6.61. The number of halogens is 2. The van der Waals surface area contributed by atoms with Crippen molar-refractivity contribution in [2.75, 3.05) is 35.7 Å². The molecule has 1 unspecified atom stereocenters. The van der Waals surface area contributed by atoms with Crippen molar-refractivity contribution >= 4 is 34.6 Å². The summed E-state index contributed by atoms with van der Waals surface area (Å²) in [6.45, 7) is 6.47. The first-order valence-electron chi connectivity index (χ1n) is 6.14. The molecule has 0 heterocycles. The zero-order valence-corrected chi connectivity index (χ0v) is 12.3. The number of nitrogens with zero attached hydrogens (tertiary/aromatic N) is 1. The molecule has 0 radical (unpaired) electrons. The van der Waals surface area contributed by atoms with Gasteiger partial charge >= 0.3 is 0 Å². The Bertz CT molecular complexity index is 370. The third-order valence-corrected chi connectivity index (χ3v) is 3.43. The van der Waals surface area contributed by atoms with Gasteiger partial charge in [-0.15, -0.1) is 11.6 Å². The molecule has 102 valence electrons. The van der Waals surface area contributed by atoms with Crippen LogP contribution in [0.4, 0.5) is 11.4 Å². The van der Waals surface area contributed by atoms with E-state index in [1.54, 1.807) is 0 Å². The third-order valence-electron chi connectivity index (χ3n) is 2.77. The predicted octanol–water partition coefficient (Wildman–Crippen LogP) is 3.20. The first-order chi connectivity index (χ1) is 8.62. The number of aliphatic hydroxyl groups excluding tert-OH is 1. The molecule has 2 N–H and O–H groups in total. The molecular formula is C13H20Cl2N2O. The summed E-state index contributed by atoms with van der Waals surface area (Å²) >= 11 is 11.8. The standard InChI is InChI=1S/C13H20Cl2N2O/c1-3-17(4-2)13-6-5-10(7-12(13)15)16-9-11(18)8-14/h5-7,11,16,18H,3-4,8-9H2,1-2H3. The van der Waals surface area contributed by atoms with Crippen LogP contribution < -0.4 is 10.2 Å². The molecule has 0 aromatic heterocycles. The van der Waals surface area contributed by atoms with E-state index in [9.17, 15) is 5.11 Å². The van der Waals surface area contributed by atoms with Crippen molar-refractivity contribution in [2.45, 2.75) is 20.0 Å². The minimum absolute atomic E-state index is 0.220. The van der Waals surface area contributed by atoms with E-state index in [0.29, 0.717) is 11.6 Å². The Balaban J connectivity index is 2.73. The first-order valence-corrected chi connectivity index (χ1v) is 7.06. The van der Waals surface area contributed by atoms with Crippen LogP contribution in [0.25, 0.3) is 0 Å². The van der Waals surface area contributed by atoms with Crippen LogP contribution >= 0.6 is 23.2 Å². The summed E-state index contributed by atoms with van der Waals surface area (Å²) in [5, 5.41) is 13.2. The van der Waals surface area contributed by atoms with Crippen LogP contribution in [0.1, 0.15) is 13.8 Å². The van der Waals surface area contributed by atoms with Crippen LogP contribution in [0.3, 0.4) is 0 Å². The van der Waals surface area contributed by atoms with Crippen molar-refractivity contribution in [3.8, 4) is 0 Å². The Morgan fingerprint density at radius 1 is 1.33 bits per heavy atom. The Labute approximate surface area is 119 Å². The largest absolute Gasteiger partial charge is 0.390 e. The van der Waals surface area contributed by atoms with Crippen LogP contribution in [0.5, 0.6) is 0 Å². The summed E-state index contributed by atoms with van der Waals surface area (Å²) < 4.78 is 0. The normalized spacial score (nSPS) is 12.3. The van der Waals surface area contributed by atoms with Gasteiger partial charge in [-0.1, -0.05) is 11.6 Å². The average Bonchev–Trinajstić information content (AvgIpc) is 2.39. The summed E-state index contributed by atoms with van der Waals surface area (Å²) in [4.78, 5) is 2.19. The summed E-state index contributed by atoms with van der Waals surface area (Å²) in [5.41, 5.74) is 1.92. The number of aliphatic hydroxyl groups is 1. The molecule has 0 aliphatic carbocycles. The van der Waals surface area contributed by atoms with Gasteiger partial charge in [-0.05, 0) is 32.0 Å². The van der Waals surface area contributed by atoms with E-state index in [2.05, 4.69) is 24.1 Å². The van der Waals surface area contributed by atoms with Gasteiger partial charge in [0.1, 0.15) is 0 Å². The lowest BCUT2D eigenvalue weighted by Gasteiger charge is -2.23. The van der Waals surface area contributed by atoms with Gasteiger partial charge in [-0.2, -0.15) is 0 Å². The SMILES string of the molecule is CCN(CC)c1ccc(NCC(O)CCl)cc1Cl. The highest BCUT2D eigenvalue weighted by molar-refractivity contribution is 6.33. The lowest BCUT2D eigenvalue weighted by atomic mass is 10.2. The van der Waals surface area contributed by atoms with Gasteiger partial charge < -0.3 is 15.3 Å². The number of alkyl halides is 1. The van der Waals surface area contributed by atoms with E-state index in [-0.39, 0.29) is 5.88 Å². The molecule has 0 fully saturated rings. The van der Waals surface area contributed by atoms with E-state index in [1.165, 1.54) is 0 Å². The molecule has 0 aliphatic heterocycles. The van der Waals surface area contributed by atoms with Crippen LogP contribution in [0, 0.1) is 0 Å². The van der Waals surface area contributed by atoms with Crippen LogP contribution in [-0.2, 0) is 0 Å². The van der Waals surface area contributed by atoms with Crippen molar-refractivity contribution in [1.29, 1.82) is 0 Å². The summed E-state index contributed by atoms with van der Waals surface area (Å²) in [6, 6.07) is 5.82. The van der Waals surface area contributed by atoms with Gasteiger partial charge in [-0.3, -0.25) is 0 Å². The number of rotatable bonds is 7. The molecule has 1 atom stereocenters. The fraction of sp³-hybridized carbons (Fsp3) is 0.538. The second-order valence-electron chi connectivity index (χ2n) is 4.03. The zero-order valence-electron chi connectivity index (χ0n) is 10.8. The van der Waals surface area contributed by atoms with Gasteiger partial charge in [0.2, 0.25) is 0 Å². The molecule has 3 nitrogen and oxygen atoms in total. The molecule has 0 amide bonds. The highest BCUT2D eigenvalue weighted by atomic mass is 35.5. The van der Waals surface area contributed by atoms with E-state index < -0.39 is 6.10 Å². The molecule has 5 heteroatoms. The third kappa shape index (κ3) is 4.23.